The molecule has 1 N–H and O–H groups in total. The van der Waals surface area contributed by atoms with Crippen molar-refractivity contribution in [3.63, 3.8) is 0 Å². The predicted molar refractivity (Wildman–Crippen MR) is 62.4 cm³/mol. The summed E-state index contributed by atoms with van der Waals surface area (Å²) in [6.07, 6.45) is 1.91. The van der Waals surface area contributed by atoms with Crippen molar-refractivity contribution in [3.05, 3.63) is 0 Å². The van der Waals surface area contributed by atoms with Gasteiger partial charge in [0, 0.05) is 20.1 Å². The van der Waals surface area contributed by atoms with E-state index < -0.39 is 12.0 Å². The molecule has 0 spiro atoms. The molecule has 2 amide bonds. The van der Waals surface area contributed by atoms with Crippen molar-refractivity contribution in [2.24, 2.45) is 0 Å². The molecule has 0 bridgehead atoms. The first kappa shape index (κ1) is 14.7. The summed E-state index contributed by atoms with van der Waals surface area (Å²) in [6.45, 7) is 5.51. The number of urea groups is 1. The molecule has 0 saturated carbocycles. The maximum atomic E-state index is 11.9. The highest BCUT2D eigenvalue weighted by atomic mass is 16.4. The van der Waals surface area contributed by atoms with Gasteiger partial charge in [-0.15, -0.1) is 0 Å². The van der Waals surface area contributed by atoms with E-state index in [2.05, 4.69) is 6.92 Å². The first-order valence-electron chi connectivity index (χ1n) is 5.55. The Bertz CT molecular complexity index is 256. The Labute approximate surface area is 97.0 Å². The van der Waals surface area contributed by atoms with Gasteiger partial charge in [0.2, 0.25) is 0 Å². The van der Waals surface area contributed by atoms with Crippen LogP contribution in [0.2, 0.25) is 0 Å². The van der Waals surface area contributed by atoms with E-state index >= 15 is 0 Å². The van der Waals surface area contributed by atoms with Crippen LogP contribution >= 0.6 is 0 Å². The van der Waals surface area contributed by atoms with Crippen LogP contribution in [0.3, 0.4) is 0 Å². The summed E-state index contributed by atoms with van der Waals surface area (Å²) in [7, 11) is 3.21. The zero-order chi connectivity index (χ0) is 12.9. The summed E-state index contributed by atoms with van der Waals surface area (Å²) in [6, 6.07) is -0.930. The maximum Gasteiger partial charge on any atom is 0.326 e. The van der Waals surface area contributed by atoms with E-state index in [1.165, 1.54) is 18.9 Å². The standard InChI is InChI=1S/C11H22N2O3/c1-6-7-8(2)12(4)11(16)13(5)9(3)10(14)15/h8-9H,6-7H2,1-5H3,(H,14,15). The molecule has 2 atom stereocenters. The minimum absolute atomic E-state index is 0.126. The smallest absolute Gasteiger partial charge is 0.326 e. The largest absolute Gasteiger partial charge is 0.480 e. The molecule has 2 unspecified atom stereocenters. The lowest BCUT2D eigenvalue weighted by Crippen LogP contribution is -2.48. The van der Waals surface area contributed by atoms with E-state index in [1.54, 1.807) is 11.9 Å². The van der Waals surface area contributed by atoms with Gasteiger partial charge in [-0.25, -0.2) is 9.59 Å². The lowest BCUT2D eigenvalue weighted by molar-refractivity contribution is -0.141. The fraction of sp³-hybridized carbons (Fsp3) is 0.818. The Hall–Kier alpha value is -1.26. The lowest BCUT2D eigenvalue weighted by Gasteiger charge is -2.31. The number of hydrogen-bond donors (Lipinski definition) is 1. The SMILES string of the molecule is CCCC(C)N(C)C(=O)N(C)C(C)C(=O)O. The van der Waals surface area contributed by atoms with Crippen LogP contribution in [0.4, 0.5) is 4.79 Å². The summed E-state index contributed by atoms with van der Waals surface area (Å²) < 4.78 is 0. The molecule has 0 saturated heterocycles. The van der Waals surface area contributed by atoms with Gasteiger partial charge in [0.25, 0.3) is 0 Å². The number of hydrogen-bond acceptors (Lipinski definition) is 2. The monoisotopic (exact) mass is 230 g/mol. The molecule has 0 aromatic carbocycles. The summed E-state index contributed by atoms with van der Waals surface area (Å²) >= 11 is 0. The second kappa shape index (κ2) is 6.35. The van der Waals surface area contributed by atoms with E-state index in [0.29, 0.717) is 0 Å². The molecule has 94 valence electrons. The fourth-order valence-corrected chi connectivity index (χ4v) is 1.38. The summed E-state index contributed by atoms with van der Waals surface area (Å²) in [5.74, 6) is -0.993. The zero-order valence-corrected chi connectivity index (χ0v) is 10.7. The number of rotatable bonds is 5. The molecule has 0 heterocycles. The molecular formula is C11H22N2O3. The average molecular weight is 230 g/mol. The number of likely N-dealkylation sites (N-methyl/N-ethyl adjacent to an activating group) is 1. The Morgan fingerprint density at radius 2 is 1.69 bits per heavy atom. The second-order valence-corrected chi connectivity index (χ2v) is 4.16. The van der Waals surface area contributed by atoms with Crippen molar-refractivity contribution in [2.75, 3.05) is 14.1 Å². The quantitative estimate of drug-likeness (QED) is 0.781. The van der Waals surface area contributed by atoms with Crippen LogP contribution in [-0.2, 0) is 4.79 Å². The number of carboxylic acids is 1. The van der Waals surface area contributed by atoms with E-state index in [9.17, 15) is 9.59 Å². The third-order valence-electron chi connectivity index (χ3n) is 2.91. The number of nitrogens with zero attached hydrogens (tertiary/aromatic N) is 2. The van der Waals surface area contributed by atoms with E-state index in [4.69, 9.17) is 5.11 Å². The normalized spacial score (nSPS) is 14.1. The Kier molecular flexibility index (Phi) is 5.85. The van der Waals surface area contributed by atoms with Gasteiger partial charge in [0.05, 0.1) is 0 Å². The molecule has 0 aliphatic carbocycles. The van der Waals surface area contributed by atoms with Gasteiger partial charge in [0.1, 0.15) is 6.04 Å². The van der Waals surface area contributed by atoms with E-state index in [1.807, 2.05) is 6.92 Å². The molecule has 0 aromatic heterocycles. The summed E-state index contributed by atoms with van der Waals surface area (Å²) in [4.78, 5) is 25.5. The molecule has 5 nitrogen and oxygen atoms in total. The van der Waals surface area contributed by atoms with Crippen molar-refractivity contribution in [1.29, 1.82) is 0 Å². The Morgan fingerprint density at radius 1 is 1.19 bits per heavy atom. The van der Waals surface area contributed by atoms with Gasteiger partial charge in [-0.3, -0.25) is 0 Å². The molecule has 5 heteroatoms. The second-order valence-electron chi connectivity index (χ2n) is 4.16. The summed E-state index contributed by atoms with van der Waals surface area (Å²) in [5.41, 5.74) is 0. The molecule has 16 heavy (non-hydrogen) atoms. The summed E-state index contributed by atoms with van der Waals surface area (Å²) in [5, 5.41) is 8.81. The third-order valence-corrected chi connectivity index (χ3v) is 2.91. The number of aliphatic carboxylic acids is 1. The van der Waals surface area contributed by atoms with Crippen LogP contribution in [0.25, 0.3) is 0 Å². The highest BCUT2D eigenvalue weighted by Crippen LogP contribution is 2.08. The minimum atomic E-state index is -0.993. The third kappa shape index (κ3) is 3.72. The van der Waals surface area contributed by atoms with E-state index in [-0.39, 0.29) is 12.1 Å². The van der Waals surface area contributed by atoms with Crippen LogP contribution in [-0.4, -0.2) is 53.1 Å². The van der Waals surface area contributed by atoms with Crippen LogP contribution in [0.15, 0.2) is 0 Å². The zero-order valence-electron chi connectivity index (χ0n) is 10.7. The number of carbonyl (C=O) groups excluding carboxylic acids is 1. The molecular weight excluding hydrogens is 208 g/mol. The first-order valence-corrected chi connectivity index (χ1v) is 5.55. The van der Waals surface area contributed by atoms with Crippen LogP contribution < -0.4 is 0 Å². The molecule has 0 rings (SSSR count). The van der Waals surface area contributed by atoms with Crippen molar-refractivity contribution in [1.82, 2.24) is 9.80 Å². The van der Waals surface area contributed by atoms with Gasteiger partial charge >= 0.3 is 12.0 Å². The minimum Gasteiger partial charge on any atom is -0.480 e. The molecule has 0 aliphatic rings. The van der Waals surface area contributed by atoms with E-state index in [0.717, 1.165) is 12.8 Å². The average Bonchev–Trinajstić information content (AvgIpc) is 2.25. The Morgan fingerprint density at radius 3 is 2.06 bits per heavy atom. The number of carbonyl (C=O) groups is 2. The molecule has 0 aromatic rings. The first-order chi connectivity index (χ1) is 7.32. The number of carboxylic acid groups (broad SMARTS) is 1. The highest BCUT2D eigenvalue weighted by molar-refractivity contribution is 5.82. The van der Waals surface area contributed by atoms with Gasteiger partial charge < -0.3 is 14.9 Å². The molecule has 0 radical (unpaired) electrons. The van der Waals surface area contributed by atoms with Gasteiger partial charge in [-0.1, -0.05) is 13.3 Å². The van der Waals surface area contributed by atoms with Gasteiger partial charge in [-0.2, -0.15) is 0 Å². The number of amides is 2. The van der Waals surface area contributed by atoms with Crippen molar-refractivity contribution < 1.29 is 14.7 Å². The molecule has 0 aliphatic heterocycles. The Balaban J connectivity index is 4.48. The van der Waals surface area contributed by atoms with Gasteiger partial charge in [-0.05, 0) is 20.3 Å². The fourth-order valence-electron chi connectivity index (χ4n) is 1.38. The van der Waals surface area contributed by atoms with Crippen LogP contribution in [0, 0.1) is 0 Å². The predicted octanol–water partition coefficient (Wildman–Crippen LogP) is 1.63. The maximum absolute atomic E-state index is 11.9. The van der Waals surface area contributed by atoms with Crippen LogP contribution in [0.5, 0.6) is 0 Å². The van der Waals surface area contributed by atoms with Crippen molar-refractivity contribution in [2.45, 2.75) is 45.7 Å². The topological polar surface area (TPSA) is 60.9 Å². The van der Waals surface area contributed by atoms with Crippen molar-refractivity contribution in [3.8, 4) is 0 Å². The highest BCUT2D eigenvalue weighted by Gasteiger charge is 2.25. The molecule has 0 fully saturated rings. The van der Waals surface area contributed by atoms with Crippen molar-refractivity contribution >= 4 is 12.0 Å². The van der Waals surface area contributed by atoms with Crippen LogP contribution in [0.1, 0.15) is 33.6 Å². The lowest BCUT2D eigenvalue weighted by atomic mass is 10.2. The van der Waals surface area contributed by atoms with Gasteiger partial charge in [0.15, 0.2) is 0 Å².